The van der Waals surface area contributed by atoms with E-state index in [9.17, 15) is 0 Å². The van der Waals surface area contributed by atoms with Crippen molar-refractivity contribution in [3.05, 3.63) is 64.2 Å². The van der Waals surface area contributed by atoms with Crippen molar-refractivity contribution in [2.24, 2.45) is 0 Å². The summed E-state index contributed by atoms with van der Waals surface area (Å²) in [6.45, 7) is 9.19. The Kier molecular flexibility index (Phi) is 5.78. The molecule has 0 unspecified atom stereocenters. The highest BCUT2D eigenvalue weighted by atomic mass is 14.3. The van der Waals surface area contributed by atoms with E-state index in [1.54, 1.807) is 5.57 Å². The molecule has 2 aromatic rings. The Balaban J connectivity index is 2.16. The van der Waals surface area contributed by atoms with Gasteiger partial charge < -0.3 is 0 Å². The molecule has 0 spiro atoms. The Hall–Kier alpha value is -1.82. The molecule has 0 heterocycles. The second-order valence-electron chi connectivity index (χ2n) is 7.75. The molecule has 132 valence electrons. The predicted octanol–water partition coefficient (Wildman–Crippen LogP) is 7.56. The Morgan fingerprint density at radius 3 is 2.44 bits per heavy atom. The van der Waals surface area contributed by atoms with Crippen molar-refractivity contribution in [2.45, 2.75) is 72.1 Å². The van der Waals surface area contributed by atoms with Crippen LogP contribution in [0.25, 0.3) is 17.2 Å². The standard InChI is InChI=1S/C25H32/c1-5-7-11-19-16-21-15-14-20(10-6-2)25(24(21)17-19)23-13-9-8-12-22(23)18(3)4/h8-9,12-15,17-18H,5-7,10-11,16H2,1-4H3. The summed E-state index contributed by atoms with van der Waals surface area (Å²) >= 11 is 0. The summed E-state index contributed by atoms with van der Waals surface area (Å²) in [4.78, 5) is 0. The number of fused-ring (bicyclic) bond motifs is 1. The molecule has 0 fully saturated rings. The highest BCUT2D eigenvalue weighted by Crippen LogP contribution is 2.41. The van der Waals surface area contributed by atoms with Crippen LogP contribution in [0.1, 0.15) is 81.5 Å². The van der Waals surface area contributed by atoms with E-state index in [0.29, 0.717) is 5.92 Å². The van der Waals surface area contributed by atoms with Gasteiger partial charge in [0, 0.05) is 0 Å². The molecule has 0 heteroatoms. The summed E-state index contributed by atoms with van der Waals surface area (Å²) in [5, 5.41) is 0. The molecule has 1 aliphatic carbocycles. The quantitative estimate of drug-likeness (QED) is 0.490. The van der Waals surface area contributed by atoms with E-state index in [2.05, 4.69) is 70.2 Å². The number of hydrogen-bond donors (Lipinski definition) is 0. The summed E-state index contributed by atoms with van der Waals surface area (Å²) in [5.74, 6) is 0.548. The largest absolute Gasteiger partial charge is 0.0654 e. The molecule has 0 aromatic heterocycles. The monoisotopic (exact) mass is 332 g/mol. The lowest BCUT2D eigenvalue weighted by atomic mass is 9.85. The minimum atomic E-state index is 0.548. The third-order valence-electron chi connectivity index (χ3n) is 5.41. The normalized spacial score (nSPS) is 13.2. The Bertz CT molecular complexity index is 762. The average Bonchev–Trinajstić information content (AvgIpc) is 3.03. The van der Waals surface area contributed by atoms with Crippen molar-refractivity contribution >= 4 is 6.08 Å². The van der Waals surface area contributed by atoms with Gasteiger partial charge in [-0.1, -0.05) is 88.6 Å². The van der Waals surface area contributed by atoms with Gasteiger partial charge >= 0.3 is 0 Å². The van der Waals surface area contributed by atoms with E-state index < -0.39 is 0 Å². The van der Waals surface area contributed by atoms with Crippen LogP contribution in [0.5, 0.6) is 0 Å². The third kappa shape index (κ3) is 3.73. The summed E-state index contributed by atoms with van der Waals surface area (Å²) in [6.07, 6.45) is 9.85. The van der Waals surface area contributed by atoms with Crippen LogP contribution >= 0.6 is 0 Å². The van der Waals surface area contributed by atoms with E-state index in [1.807, 2.05) is 0 Å². The molecule has 25 heavy (non-hydrogen) atoms. The number of rotatable bonds is 7. The molecule has 0 N–H and O–H groups in total. The zero-order chi connectivity index (χ0) is 17.8. The molecule has 0 atom stereocenters. The first-order valence-electron chi connectivity index (χ1n) is 10.1. The highest BCUT2D eigenvalue weighted by molar-refractivity contribution is 5.84. The van der Waals surface area contributed by atoms with Crippen LogP contribution in [0.4, 0.5) is 0 Å². The maximum absolute atomic E-state index is 2.51. The lowest BCUT2D eigenvalue weighted by Gasteiger charge is -2.19. The average molecular weight is 333 g/mol. The van der Waals surface area contributed by atoms with E-state index in [-0.39, 0.29) is 0 Å². The molecular weight excluding hydrogens is 300 g/mol. The van der Waals surface area contributed by atoms with Gasteiger partial charge in [0.15, 0.2) is 0 Å². The minimum absolute atomic E-state index is 0.548. The lowest BCUT2D eigenvalue weighted by Crippen LogP contribution is -1.99. The van der Waals surface area contributed by atoms with E-state index in [0.717, 1.165) is 12.8 Å². The zero-order valence-corrected chi connectivity index (χ0v) is 16.4. The maximum Gasteiger partial charge on any atom is -0.00576 e. The molecule has 2 aromatic carbocycles. The van der Waals surface area contributed by atoms with Crippen LogP contribution in [0.15, 0.2) is 42.0 Å². The van der Waals surface area contributed by atoms with Crippen LogP contribution in [0.3, 0.4) is 0 Å². The van der Waals surface area contributed by atoms with E-state index in [1.165, 1.54) is 59.1 Å². The van der Waals surface area contributed by atoms with Crippen molar-refractivity contribution in [1.82, 2.24) is 0 Å². The lowest BCUT2D eigenvalue weighted by molar-refractivity contribution is 0.779. The second-order valence-corrected chi connectivity index (χ2v) is 7.75. The minimum Gasteiger partial charge on any atom is -0.0654 e. The van der Waals surface area contributed by atoms with Crippen LogP contribution < -0.4 is 0 Å². The number of hydrogen-bond acceptors (Lipinski definition) is 0. The van der Waals surface area contributed by atoms with Crippen LogP contribution in [0.2, 0.25) is 0 Å². The van der Waals surface area contributed by atoms with E-state index in [4.69, 9.17) is 0 Å². The van der Waals surface area contributed by atoms with Gasteiger partial charge in [-0.05, 0) is 65.0 Å². The fraction of sp³-hybridized carbons (Fsp3) is 0.440. The van der Waals surface area contributed by atoms with Crippen molar-refractivity contribution in [1.29, 1.82) is 0 Å². The predicted molar refractivity (Wildman–Crippen MR) is 111 cm³/mol. The molecule has 0 bridgehead atoms. The van der Waals surface area contributed by atoms with Crippen molar-refractivity contribution in [3.63, 3.8) is 0 Å². The van der Waals surface area contributed by atoms with Crippen molar-refractivity contribution < 1.29 is 0 Å². The molecule has 0 amide bonds. The van der Waals surface area contributed by atoms with Gasteiger partial charge in [0.2, 0.25) is 0 Å². The number of aryl methyl sites for hydroxylation is 1. The first-order valence-corrected chi connectivity index (χ1v) is 10.1. The fourth-order valence-electron chi connectivity index (χ4n) is 4.11. The SMILES string of the molecule is CCCCC1=Cc2c(ccc(CCC)c2-c2ccccc2C(C)C)C1. The van der Waals surface area contributed by atoms with Gasteiger partial charge in [0.25, 0.3) is 0 Å². The van der Waals surface area contributed by atoms with Gasteiger partial charge in [-0.3, -0.25) is 0 Å². The molecule has 0 aliphatic heterocycles. The maximum atomic E-state index is 2.51. The van der Waals surface area contributed by atoms with Gasteiger partial charge in [0.05, 0.1) is 0 Å². The summed E-state index contributed by atoms with van der Waals surface area (Å²) in [5.41, 5.74) is 10.6. The number of unbranched alkanes of at least 4 members (excludes halogenated alkanes) is 1. The molecule has 0 saturated carbocycles. The van der Waals surface area contributed by atoms with Crippen molar-refractivity contribution in [3.8, 4) is 11.1 Å². The van der Waals surface area contributed by atoms with Gasteiger partial charge in [-0.15, -0.1) is 0 Å². The van der Waals surface area contributed by atoms with Crippen LogP contribution in [-0.4, -0.2) is 0 Å². The zero-order valence-electron chi connectivity index (χ0n) is 16.4. The van der Waals surface area contributed by atoms with Crippen LogP contribution in [0, 0.1) is 0 Å². The highest BCUT2D eigenvalue weighted by Gasteiger charge is 2.21. The topological polar surface area (TPSA) is 0 Å². The molecule has 1 aliphatic rings. The smallest absolute Gasteiger partial charge is 0.00576 e. The van der Waals surface area contributed by atoms with Gasteiger partial charge in [0.1, 0.15) is 0 Å². The summed E-state index contributed by atoms with van der Waals surface area (Å²) in [6, 6.07) is 13.8. The Morgan fingerprint density at radius 1 is 0.920 bits per heavy atom. The summed E-state index contributed by atoms with van der Waals surface area (Å²) < 4.78 is 0. The molecule has 3 rings (SSSR count). The summed E-state index contributed by atoms with van der Waals surface area (Å²) in [7, 11) is 0. The molecule has 0 nitrogen and oxygen atoms in total. The van der Waals surface area contributed by atoms with Gasteiger partial charge in [-0.25, -0.2) is 0 Å². The Morgan fingerprint density at radius 2 is 1.72 bits per heavy atom. The molecular formula is C25H32. The molecule has 0 radical (unpaired) electrons. The first-order chi connectivity index (χ1) is 12.2. The number of allylic oxidation sites excluding steroid dienone is 1. The first kappa shape index (κ1) is 18.0. The van der Waals surface area contributed by atoms with Crippen molar-refractivity contribution in [2.75, 3.05) is 0 Å². The molecule has 0 saturated heterocycles. The van der Waals surface area contributed by atoms with E-state index >= 15 is 0 Å². The Labute approximate surface area is 154 Å². The third-order valence-corrected chi connectivity index (χ3v) is 5.41. The van der Waals surface area contributed by atoms with Gasteiger partial charge in [-0.2, -0.15) is 0 Å². The second kappa shape index (κ2) is 8.04. The fourth-order valence-corrected chi connectivity index (χ4v) is 4.11. The number of benzene rings is 2. The van der Waals surface area contributed by atoms with Crippen LogP contribution in [-0.2, 0) is 12.8 Å².